The third kappa shape index (κ3) is 5.53. The number of thiazole rings is 1. The average Bonchev–Trinajstić information content (AvgIpc) is 2.91. The Hall–Kier alpha value is -2.08. The molecule has 0 bridgehead atoms. The summed E-state index contributed by atoms with van der Waals surface area (Å²) >= 11 is 1.67. The molecule has 1 heterocycles. The second kappa shape index (κ2) is 8.68. The van der Waals surface area contributed by atoms with E-state index in [0.717, 1.165) is 29.0 Å². The molecule has 1 aromatic heterocycles. The Labute approximate surface area is 148 Å². The number of nitrogens with one attached hydrogen (secondary N) is 1. The molecule has 0 radical (unpaired) electrons. The molecular weight excluding hydrogens is 320 g/mol. The van der Waals surface area contributed by atoms with Gasteiger partial charge in [-0.1, -0.05) is 6.07 Å². The minimum atomic E-state index is 0.589. The first-order chi connectivity index (χ1) is 11.5. The van der Waals surface area contributed by atoms with Crippen molar-refractivity contribution in [2.24, 2.45) is 4.99 Å². The van der Waals surface area contributed by atoms with Crippen LogP contribution in [0.15, 0.2) is 28.6 Å². The third-order valence-electron chi connectivity index (χ3n) is 3.49. The van der Waals surface area contributed by atoms with Gasteiger partial charge < -0.3 is 15.0 Å². The summed E-state index contributed by atoms with van der Waals surface area (Å²) in [7, 11) is 3.80. The summed E-state index contributed by atoms with van der Waals surface area (Å²) in [5.74, 6) is 1.75. The number of aliphatic imine (C=N–C) groups is 1. The van der Waals surface area contributed by atoms with Crippen LogP contribution in [0.1, 0.15) is 21.8 Å². The molecule has 0 atom stereocenters. The van der Waals surface area contributed by atoms with Crippen LogP contribution in [0.3, 0.4) is 0 Å². The molecule has 130 valence electrons. The van der Waals surface area contributed by atoms with Gasteiger partial charge in [0.25, 0.3) is 0 Å². The number of aromatic nitrogens is 1. The van der Waals surface area contributed by atoms with Gasteiger partial charge in [-0.15, -0.1) is 11.3 Å². The van der Waals surface area contributed by atoms with Gasteiger partial charge in [0, 0.05) is 19.5 Å². The zero-order chi connectivity index (χ0) is 17.5. The Bertz CT molecular complexity index is 676. The summed E-state index contributed by atoms with van der Waals surface area (Å²) < 4.78 is 5.82. The van der Waals surface area contributed by atoms with E-state index in [0.29, 0.717) is 13.2 Å². The van der Waals surface area contributed by atoms with Gasteiger partial charge in [-0.25, -0.2) is 4.98 Å². The monoisotopic (exact) mass is 346 g/mol. The Morgan fingerprint density at radius 3 is 2.54 bits per heavy atom. The lowest BCUT2D eigenvalue weighted by molar-refractivity contribution is 0.318. The predicted molar refractivity (Wildman–Crippen MR) is 101 cm³/mol. The Morgan fingerprint density at radius 2 is 1.96 bits per heavy atom. The van der Waals surface area contributed by atoms with Crippen molar-refractivity contribution in [1.82, 2.24) is 15.2 Å². The first-order valence-electron chi connectivity index (χ1n) is 8.02. The van der Waals surface area contributed by atoms with E-state index in [2.05, 4.69) is 57.6 Å². The van der Waals surface area contributed by atoms with Gasteiger partial charge in [-0.2, -0.15) is 0 Å². The van der Waals surface area contributed by atoms with E-state index in [1.165, 1.54) is 11.1 Å². The third-order valence-corrected chi connectivity index (χ3v) is 4.31. The van der Waals surface area contributed by atoms with Crippen molar-refractivity contribution in [3.8, 4) is 5.75 Å². The van der Waals surface area contributed by atoms with Gasteiger partial charge in [0.05, 0.1) is 23.8 Å². The minimum absolute atomic E-state index is 0.589. The molecule has 2 aromatic rings. The molecule has 0 saturated heterocycles. The normalized spacial score (nSPS) is 11.5. The van der Waals surface area contributed by atoms with Crippen LogP contribution in [0.5, 0.6) is 5.75 Å². The largest absolute Gasteiger partial charge is 0.492 e. The molecule has 0 spiro atoms. The van der Waals surface area contributed by atoms with Gasteiger partial charge in [0.1, 0.15) is 12.4 Å². The van der Waals surface area contributed by atoms with Crippen LogP contribution in [0.2, 0.25) is 0 Å². The predicted octanol–water partition coefficient (Wildman–Crippen LogP) is 3.15. The van der Waals surface area contributed by atoms with E-state index in [1.54, 1.807) is 18.4 Å². The summed E-state index contributed by atoms with van der Waals surface area (Å²) in [5, 5.41) is 6.49. The Morgan fingerprint density at radius 1 is 1.25 bits per heavy atom. The number of rotatable bonds is 6. The topological polar surface area (TPSA) is 49.8 Å². The van der Waals surface area contributed by atoms with Crippen molar-refractivity contribution in [3.63, 3.8) is 0 Å². The van der Waals surface area contributed by atoms with E-state index >= 15 is 0 Å². The molecule has 6 heteroatoms. The Kier molecular flexibility index (Phi) is 6.61. The molecule has 0 aliphatic carbocycles. The molecule has 24 heavy (non-hydrogen) atoms. The molecule has 1 aromatic carbocycles. The number of benzene rings is 1. The molecule has 0 aliphatic rings. The van der Waals surface area contributed by atoms with Crippen molar-refractivity contribution in [2.75, 3.05) is 27.2 Å². The lowest BCUT2D eigenvalue weighted by Gasteiger charge is -2.21. The van der Waals surface area contributed by atoms with Crippen molar-refractivity contribution >= 4 is 17.3 Å². The fraction of sp³-hybridized carbons (Fsp3) is 0.444. The number of hydrogen-bond acceptors (Lipinski definition) is 4. The maximum Gasteiger partial charge on any atom is 0.193 e. The number of hydrogen-bond donors (Lipinski definition) is 1. The lowest BCUT2D eigenvalue weighted by atomic mass is 10.1. The number of nitrogens with zero attached hydrogens (tertiary/aromatic N) is 3. The highest BCUT2D eigenvalue weighted by Crippen LogP contribution is 2.15. The summed E-state index contributed by atoms with van der Waals surface area (Å²) in [6.45, 7) is 8.20. The van der Waals surface area contributed by atoms with Gasteiger partial charge in [-0.05, 0) is 44.0 Å². The van der Waals surface area contributed by atoms with Crippen LogP contribution >= 0.6 is 11.3 Å². The van der Waals surface area contributed by atoms with Crippen molar-refractivity contribution in [1.29, 1.82) is 0 Å². The molecule has 5 nitrogen and oxygen atoms in total. The zero-order valence-corrected chi connectivity index (χ0v) is 15.9. The SMILES string of the molecule is CN=C(NCCOc1cc(C)cc(C)c1)N(C)Cc1csc(C)n1. The van der Waals surface area contributed by atoms with Crippen LogP contribution in [-0.4, -0.2) is 43.1 Å². The van der Waals surface area contributed by atoms with E-state index in [1.807, 2.05) is 14.0 Å². The highest BCUT2D eigenvalue weighted by Gasteiger charge is 2.08. The standard InChI is InChI=1S/C18H26N4OS/c1-13-8-14(2)10-17(9-13)23-7-6-20-18(19-4)22(5)11-16-12-24-15(3)21-16/h8-10,12H,6-7,11H2,1-5H3,(H,19,20). The fourth-order valence-electron chi connectivity index (χ4n) is 2.53. The lowest BCUT2D eigenvalue weighted by Crippen LogP contribution is -2.40. The van der Waals surface area contributed by atoms with Crippen LogP contribution < -0.4 is 10.1 Å². The molecule has 1 N–H and O–H groups in total. The second-order valence-corrected chi connectivity index (χ2v) is 6.92. The first kappa shape index (κ1) is 18.3. The molecule has 0 amide bonds. The van der Waals surface area contributed by atoms with Gasteiger partial charge in [0.15, 0.2) is 5.96 Å². The molecule has 0 fully saturated rings. The summed E-state index contributed by atoms with van der Waals surface area (Å²) in [6, 6.07) is 6.25. The van der Waals surface area contributed by atoms with Crippen LogP contribution in [0.25, 0.3) is 0 Å². The van der Waals surface area contributed by atoms with Crippen molar-refractivity contribution < 1.29 is 4.74 Å². The zero-order valence-electron chi connectivity index (χ0n) is 15.1. The molecule has 0 aliphatic heterocycles. The van der Waals surface area contributed by atoms with E-state index in [9.17, 15) is 0 Å². The number of guanidine groups is 1. The quantitative estimate of drug-likeness (QED) is 0.496. The first-order valence-corrected chi connectivity index (χ1v) is 8.90. The summed E-state index contributed by atoms with van der Waals surface area (Å²) in [5.41, 5.74) is 3.49. The van der Waals surface area contributed by atoms with E-state index in [-0.39, 0.29) is 0 Å². The second-order valence-electron chi connectivity index (χ2n) is 5.86. The van der Waals surface area contributed by atoms with Crippen LogP contribution in [-0.2, 0) is 6.54 Å². The minimum Gasteiger partial charge on any atom is -0.492 e. The summed E-state index contributed by atoms with van der Waals surface area (Å²) in [6.07, 6.45) is 0. The van der Waals surface area contributed by atoms with Crippen molar-refractivity contribution in [2.45, 2.75) is 27.3 Å². The average molecular weight is 347 g/mol. The van der Waals surface area contributed by atoms with E-state index < -0.39 is 0 Å². The molecular formula is C18H26N4OS. The van der Waals surface area contributed by atoms with E-state index in [4.69, 9.17) is 4.74 Å². The maximum absolute atomic E-state index is 5.82. The highest BCUT2D eigenvalue weighted by atomic mass is 32.1. The van der Waals surface area contributed by atoms with Crippen LogP contribution in [0.4, 0.5) is 0 Å². The Balaban J connectivity index is 1.78. The summed E-state index contributed by atoms with van der Waals surface area (Å²) in [4.78, 5) is 10.9. The van der Waals surface area contributed by atoms with Gasteiger partial charge >= 0.3 is 0 Å². The van der Waals surface area contributed by atoms with Crippen molar-refractivity contribution in [3.05, 3.63) is 45.4 Å². The maximum atomic E-state index is 5.82. The molecule has 0 saturated carbocycles. The molecule has 0 unspecified atom stereocenters. The fourth-order valence-corrected chi connectivity index (χ4v) is 3.14. The van der Waals surface area contributed by atoms with Gasteiger partial charge in [0.2, 0.25) is 0 Å². The smallest absolute Gasteiger partial charge is 0.193 e. The highest BCUT2D eigenvalue weighted by molar-refractivity contribution is 7.09. The number of ether oxygens (including phenoxy) is 1. The van der Waals surface area contributed by atoms with Crippen LogP contribution in [0, 0.1) is 20.8 Å². The molecule has 2 rings (SSSR count). The number of aryl methyl sites for hydroxylation is 3. The van der Waals surface area contributed by atoms with Gasteiger partial charge in [-0.3, -0.25) is 4.99 Å².